The lowest BCUT2D eigenvalue weighted by Crippen LogP contribution is -2.44. The maximum atomic E-state index is 13.8. The van der Waals surface area contributed by atoms with Gasteiger partial charge in [-0.1, -0.05) is 13.0 Å². The van der Waals surface area contributed by atoms with Crippen LogP contribution in [0.3, 0.4) is 0 Å². The van der Waals surface area contributed by atoms with Crippen molar-refractivity contribution in [2.24, 2.45) is 0 Å². The van der Waals surface area contributed by atoms with Gasteiger partial charge in [0.1, 0.15) is 17.3 Å². The van der Waals surface area contributed by atoms with E-state index in [2.05, 4.69) is 19.2 Å². The summed E-state index contributed by atoms with van der Waals surface area (Å²) >= 11 is 0. The van der Waals surface area contributed by atoms with Crippen LogP contribution in [0.4, 0.5) is 14.5 Å². The number of rotatable bonds is 2. The largest absolute Gasteiger partial charge is 0.367 e. The van der Waals surface area contributed by atoms with Crippen LogP contribution < -0.4 is 10.2 Å². The normalized spacial score (nSPS) is 24.9. The Morgan fingerprint density at radius 2 is 1.84 bits per heavy atom. The van der Waals surface area contributed by atoms with Gasteiger partial charge in [0.25, 0.3) is 0 Å². The van der Waals surface area contributed by atoms with Crippen LogP contribution in [0.1, 0.15) is 33.1 Å². The average Bonchev–Trinajstić information content (AvgIpc) is 2.36. The van der Waals surface area contributed by atoms with Gasteiger partial charge in [-0.25, -0.2) is 8.78 Å². The van der Waals surface area contributed by atoms with Crippen LogP contribution in [0.15, 0.2) is 18.2 Å². The highest BCUT2D eigenvalue weighted by Gasteiger charge is 2.21. The van der Waals surface area contributed by atoms with Crippen molar-refractivity contribution in [3.8, 4) is 0 Å². The minimum Gasteiger partial charge on any atom is -0.367 e. The lowest BCUT2D eigenvalue weighted by Gasteiger charge is -2.33. The van der Waals surface area contributed by atoms with Crippen molar-refractivity contribution in [3.05, 3.63) is 29.8 Å². The Balaban J connectivity index is 2.19. The topological polar surface area (TPSA) is 15.3 Å². The van der Waals surface area contributed by atoms with Crippen molar-refractivity contribution in [2.75, 3.05) is 18.0 Å². The van der Waals surface area contributed by atoms with Crippen LogP contribution in [-0.2, 0) is 0 Å². The van der Waals surface area contributed by atoms with Gasteiger partial charge in [-0.15, -0.1) is 0 Å². The fourth-order valence-electron chi connectivity index (χ4n) is 2.68. The highest BCUT2D eigenvalue weighted by molar-refractivity contribution is 5.49. The number of halogens is 2. The number of hydrogen-bond donors (Lipinski definition) is 1. The van der Waals surface area contributed by atoms with Gasteiger partial charge in [-0.05, 0) is 38.3 Å². The van der Waals surface area contributed by atoms with E-state index in [1.165, 1.54) is 18.2 Å². The van der Waals surface area contributed by atoms with Crippen LogP contribution in [0.25, 0.3) is 0 Å². The summed E-state index contributed by atoms with van der Waals surface area (Å²) in [6.07, 6.45) is 2.84. The molecule has 0 bridgehead atoms. The number of benzene rings is 1. The first-order valence-corrected chi connectivity index (χ1v) is 7.06. The standard InChI is InChI=1S/C15H22F2N2/c1-3-12-8-10-19(9-7-11(2)18-12)15-13(16)5-4-6-14(15)17/h4-6,11-12,18H,3,7-10H2,1-2H3. The van der Waals surface area contributed by atoms with E-state index >= 15 is 0 Å². The summed E-state index contributed by atoms with van der Waals surface area (Å²) < 4.78 is 27.7. The van der Waals surface area contributed by atoms with Gasteiger partial charge in [0.2, 0.25) is 0 Å². The minimum absolute atomic E-state index is 0.131. The lowest BCUT2D eigenvalue weighted by atomic mass is 10.0. The number of hydrogen-bond acceptors (Lipinski definition) is 2. The average molecular weight is 268 g/mol. The first-order chi connectivity index (χ1) is 9.11. The number of para-hydroxylation sites is 1. The Kier molecular flexibility index (Phi) is 4.75. The van der Waals surface area contributed by atoms with E-state index in [9.17, 15) is 8.78 Å². The third kappa shape index (κ3) is 3.44. The highest BCUT2D eigenvalue weighted by atomic mass is 19.1. The van der Waals surface area contributed by atoms with E-state index in [0.29, 0.717) is 25.2 Å². The second-order valence-electron chi connectivity index (χ2n) is 5.31. The van der Waals surface area contributed by atoms with Crippen LogP contribution in [0.5, 0.6) is 0 Å². The zero-order chi connectivity index (χ0) is 13.8. The molecule has 106 valence electrons. The van der Waals surface area contributed by atoms with Crippen LogP contribution in [-0.4, -0.2) is 25.2 Å². The molecule has 2 rings (SSSR count). The molecule has 1 aromatic rings. The van der Waals surface area contributed by atoms with E-state index in [-0.39, 0.29) is 5.69 Å². The quantitative estimate of drug-likeness (QED) is 0.885. The monoisotopic (exact) mass is 268 g/mol. The summed E-state index contributed by atoms with van der Waals surface area (Å²) in [4.78, 5) is 1.85. The molecule has 0 aromatic heterocycles. The smallest absolute Gasteiger partial charge is 0.149 e. The molecule has 1 fully saturated rings. The third-order valence-corrected chi connectivity index (χ3v) is 3.85. The maximum absolute atomic E-state index is 13.8. The lowest BCUT2D eigenvalue weighted by molar-refractivity contribution is 0.376. The summed E-state index contributed by atoms with van der Waals surface area (Å²) in [5, 5.41) is 3.56. The summed E-state index contributed by atoms with van der Waals surface area (Å²) in [6, 6.07) is 4.87. The third-order valence-electron chi connectivity index (χ3n) is 3.85. The van der Waals surface area contributed by atoms with E-state index < -0.39 is 11.6 Å². The molecule has 0 radical (unpaired) electrons. The molecule has 2 unspecified atom stereocenters. The van der Waals surface area contributed by atoms with Crippen LogP contribution in [0, 0.1) is 11.6 Å². The number of anilines is 1. The van der Waals surface area contributed by atoms with Crippen molar-refractivity contribution in [2.45, 2.75) is 45.2 Å². The zero-order valence-corrected chi connectivity index (χ0v) is 11.6. The van der Waals surface area contributed by atoms with Crippen molar-refractivity contribution in [1.82, 2.24) is 5.32 Å². The van der Waals surface area contributed by atoms with Crippen molar-refractivity contribution in [3.63, 3.8) is 0 Å². The van der Waals surface area contributed by atoms with Gasteiger partial charge in [0.15, 0.2) is 0 Å². The summed E-state index contributed by atoms with van der Waals surface area (Å²) in [5.41, 5.74) is 0.131. The molecule has 0 saturated carbocycles. The first-order valence-electron chi connectivity index (χ1n) is 7.06. The molecule has 1 aromatic carbocycles. The molecule has 1 aliphatic heterocycles. The van der Waals surface area contributed by atoms with Crippen LogP contribution in [0.2, 0.25) is 0 Å². The molecule has 2 atom stereocenters. The SMILES string of the molecule is CCC1CCN(c2c(F)cccc2F)CCC(C)N1. The maximum Gasteiger partial charge on any atom is 0.149 e. The minimum atomic E-state index is -0.464. The van der Waals surface area contributed by atoms with Gasteiger partial charge >= 0.3 is 0 Å². The fourth-order valence-corrected chi connectivity index (χ4v) is 2.68. The van der Waals surface area contributed by atoms with Crippen molar-refractivity contribution >= 4 is 5.69 Å². The predicted octanol–water partition coefficient (Wildman–Crippen LogP) is 3.32. The molecule has 1 saturated heterocycles. The predicted molar refractivity (Wildman–Crippen MR) is 74.5 cm³/mol. The molecule has 0 aliphatic carbocycles. The zero-order valence-electron chi connectivity index (χ0n) is 11.6. The Morgan fingerprint density at radius 1 is 1.21 bits per heavy atom. The van der Waals surface area contributed by atoms with Gasteiger partial charge < -0.3 is 10.2 Å². The summed E-state index contributed by atoms with van der Waals surface area (Å²) in [5.74, 6) is -0.927. The molecule has 1 heterocycles. The second-order valence-corrected chi connectivity index (χ2v) is 5.31. The molecule has 2 nitrogen and oxygen atoms in total. The molecule has 0 spiro atoms. The Labute approximate surface area is 113 Å². The van der Waals surface area contributed by atoms with Crippen LogP contribution >= 0.6 is 0 Å². The second kappa shape index (κ2) is 6.33. The number of nitrogens with one attached hydrogen (secondary N) is 1. The Hall–Kier alpha value is -1.16. The summed E-state index contributed by atoms with van der Waals surface area (Å²) in [7, 11) is 0. The molecular weight excluding hydrogens is 246 g/mol. The summed E-state index contributed by atoms with van der Waals surface area (Å²) in [6.45, 7) is 5.64. The van der Waals surface area contributed by atoms with Gasteiger partial charge in [0.05, 0.1) is 0 Å². The molecule has 4 heteroatoms. The van der Waals surface area contributed by atoms with Gasteiger partial charge in [-0.2, -0.15) is 0 Å². The first kappa shape index (κ1) is 14.3. The van der Waals surface area contributed by atoms with E-state index in [4.69, 9.17) is 0 Å². The van der Waals surface area contributed by atoms with Crippen molar-refractivity contribution in [1.29, 1.82) is 0 Å². The molecule has 1 aliphatic rings. The molecule has 0 amide bonds. The molecule has 1 N–H and O–H groups in total. The van der Waals surface area contributed by atoms with E-state index in [1.54, 1.807) is 0 Å². The van der Waals surface area contributed by atoms with Crippen molar-refractivity contribution < 1.29 is 8.78 Å². The Morgan fingerprint density at radius 3 is 2.47 bits per heavy atom. The molecule has 19 heavy (non-hydrogen) atoms. The van der Waals surface area contributed by atoms with Gasteiger partial charge in [0, 0.05) is 25.2 Å². The fraction of sp³-hybridized carbons (Fsp3) is 0.600. The van der Waals surface area contributed by atoms with Gasteiger partial charge in [-0.3, -0.25) is 0 Å². The van der Waals surface area contributed by atoms with E-state index in [0.717, 1.165) is 19.3 Å². The van der Waals surface area contributed by atoms with E-state index in [1.807, 2.05) is 4.90 Å². The highest BCUT2D eigenvalue weighted by Crippen LogP contribution is 2.25. The Bertz CT molecular complexity index is 402. The number of nitrogens with zero attached hydrogens (tertiary/aromatic N) is 1. The molecular formula is C15H22F2N2.